The maximum Gasteiger partial charge on any atom is 0.181 e. The molecule has 2 heteroatoms. The van der Waals surface area contributed by atoms with E-state index in [-0.39, 0.29) is 11.6 Å². The van der Waals surface area contributed by atoms with Gasteiger partial charge >= 0.3 is 0 Å². The largest absolute Gasteiger partial charge is 0.290 e. The highest BCUT2D eigenvalue weighted by Gasteiger charge is 1.95. The Labute approximate surface area is 65.9 Å². The Morgan fingerprint density at radius 3 is 2.18 bits per heavy atom. The highest BCUT2D eigenvalue weighted by atomic mass is 16.1. The zero-order valence-electron chi connectivity index (χ0n) is 6.46. The summed E-state index contributed by atoms with van der Waals surface area (Å²) in [5.41, 5.74) is 0.415. The van der Waals surface area contributed by atoms with Crippen LogP contribution in [0, 0.1) is 0 Å². The van der Waals surface area contributed by atoms with Gasteiger partial charge in [-0.25, -0.2) is 0 Å². The molecule has 0 spiro atoms. The van der Waals surface area contributed by atoms with Gasteiger partial charge in [-0.1, -0.05) is 13.2 Å². The normalized spacial score (nSPS) is 9.55. The molecule has 0 radical (unpaired) electrons. The topological polar surface area (TPSA) is 34.1 Å². The van der Waals surface area contributed by atoms with Crippen molar-refractivity contribution in [3.05, 3.63) is 37.0 Å². The Morgan fingerprint density at radius 2 is 1.82 bits per heavy atom. The molecule has 0 heterocycles. The van der Waals surface area contributed by atoms with Crippen LogP contribution in [0.4, 0.5) is 0 Å². The van der Waals surface area contributed by atoms with Crippen LogP contribution in [0.1, 0.15) is 6.92 Å². The van der Waals surface area contributed by atoms with E-state index in [0.717, 1.165) is 6.08 Å². The fraction of sp³-hybridized carbons (Fsp3) is 0.111. The van der Waals surface area contributed by atoms with Crippen LogP contribution in [0.3, 0.4) is 0 Å². The molecule has 0 fully saturated rings. The molecule has 0 bridgehead atoms. The van der Waals surface area contributed by atoms with Crippen LogP contribution in [0.5, 0.6) is 0 Å². The average molecular weight is 150 g/mol. The van der Waals surface area contributed by atoms with Gasteiger partial charge in [0.25, 0.3) is 0 Å². The molecule has 0 aromatic carbocycles. The first-order chi connectivity index (χ1) is 5.07. The third kappa shape index (κ3) is 4.03. The van der Waals surface area contributed by atoms with Crippen LogP contribution in [0.2, 0.25) is 0 Å². The summed E-state index contributed by atoms with van der Waals surface area (Å²) in [5.74, 6) is -0.514. The van der Waals surface area contributed by atoms with Gasteiger partial charge in [-0.2, -0.15) is 0 Å². The summed E-state index contributed by atoms with van der Waals surface area (Å²) in [7, 11) is 0. The van der Waals surface area contributed by atoms with Crippen molar-refractivity contribution in [2.45, 2.75) is 6.92 Å². The van der Waals surface area contributed by atoms with Crippen LogP contribution in [0.15, 0.2) is 37.0 Å². The van der Waals surface area contributed by atoms with Gasteiger partial charge in [0.2, 0.25) is 0 Å². The maximum absolute atomic E-state index is 10.8. The second kappa shape index (κ2) is 4.39. The van der Waals surface area contributed by atoms with E-state index in [1.165, 1.54) is 12.2 Å². The van der Waals surface area contributed by atoms with Crippen LogP contribution in [0.25, 0.3) is 0 Å². The van der Waals surface area contributed by atoms with E-state index in [1.807, 2.05) is 0 Å². The Morgan fingerprint density at radius 1 is 1.27 bits per heavy atom. The van der Waals surface area contributed by atoms with E-state index < -0.39 is 0 Å². The van der Waals surface area contributed by atoms with Crippen molar-refractivity contribution in [1.82, 2.24) is 0 Å². The number of allylic oxidation sites excluding steroid dienone is 4. The highest BCUT2D eigenvalue weighted by Crippen LogP contribution is 1.91. The summed E-state index contributed by atoms with van der Waals surface area (Å²) in [6.45, 7) is 8.26. The SMILES string of the molecule is C=CC(=O)C=CC(=O)C(=C)C. The average Bonchev–Trinajstić information content (AvgIpc) is 1.99. The van der Waals surface area contributed by atoms with Crippen LogP contribution < -0.4 is 0 Å². The molecular weight excluding hydrogens is 140 g/mol. The molecule has 0 amide bonds. The Bertz CT molecular complexity index is 234. The summed E-state index contributed by atoms with van der Waals surface area (Å²) in [4.78, 5) is 21.3. The molecule has 11 heavy (non-hydrogen) atoms. The zero-order valence-corrected chi connectivity index (χ0v) is 6.46. The van der Waals surface area contributed by atoms with E-state index in [1.54, 1.807) is 6.92 Å². The molecule has 0 aliphatic carbocycles. The molecule has 0 rings (SSSR count). The van der Waals surface area contributed by atoms with E-state index in [4.69, 9.17) is 0 Å². The molecule has 58 valence electrons. The Kier molecular flexibility index (Phi) is 3.81. The summed E-state index contributed by atoms with van der Waals surface area (Å²) in [6.07, 6.45) is 3.50. The number of hydrogen-bond donors (Lipinski definition) is 0. The monoisotopic (exact) mass is 150 g/mol. The summed E-state index contributed by atoms with van der Waals surface area (Å²) < 4.78 is 0. The zero-order chi connectivity index (χ0) is 8.85. The van der Waals surface area contributed by atoms with Crippen LogP contribution >= 0.6 is 0 Å². The molecule has 0 aliphatic heterocycles. The standard InChI is InChI=1S/C9H10O2/c1-4-8(10)5-6-9(11)7(2)3/h4-6H,1-2H2,3H3. The predicted molar refractivity (Wildman–Crippen MR) is 44.2 cm³/mol. The number of ketones is 2. The molecule has 0 saturated carbocycles. The smallest absolute Gasteiger partial charge is 0.181 e. The lowest BCUT2D eigenvalue weighted by atomic mass is 10.2. The van der Waals surface area contributed by atoms with Gasteiger partial charge < -0.3 is 0 Å². The number of carbonyl (C=O) groups is 2. The maximum atomic E-state index is 10.8. The lowest BCUT2D eigenvalue weighted by Gasteiger charge is -1.87. The van der Waals surface area contributed by atoms with E-state index in [0.29, 0.717) is 5.57 Å². The van der Waals surface area contributed by atoms with Crippen molar-refractivity contribution in [3.63, 3.8) is 0 Å². The molecule has 0 saturated heterocycles. The van der Waals surface area contributed by atoms with Crippen LogP contribution in [-0.4, -0.2) is 11.6 Å². The summed E-state index contributed by atoms with van der Waals surface area (Å²) in [5, 5.41) is 0. The number of hydrogen-bond acceptors (Lipinski definition) is 2. The van der Waals surface area contributed by atoms with Gasteiger partial charge in [-0.15, -0.1) is 0 Å². The van der Waals surface area contributed by atoms with Crippen molar-refractivity contribution in [2.24, 2.45) is 0 Å². The minimum absolute atomic E-state index is 0.236. The van der Waals surface area contributed by atoms with Gasteiger partial charge in [-0.05, 0) is 30.7 Å². The lowest BCUT2D eigenvalue weighted by Crippen LogP contribution is -1.94. The molecule has 0 aromatic rings. The molecule has 0 N–H and O–H groups in total. The predicted octanol–water partition coefficient (Wildman–Crippen LogP) is 1.44. The molecule has 0 atom stereocenters. The quantitative estimate of drug-likeness (QED) is 0.568. The van der Waals surface area contributed by atoms with Gasteiger partial charge in [0.1, 0.15) is 0 Å². The first kappa shape index (κ1) is 9.56. The Balaban J connectivity index is 4.14. The van der Waals surface area contributed by atoms with Crippen molar-refractivity contribution >= 4 is 11.6 Å². The third-order valence-electron chi connectivity index (χ3n) is 1.02. The van der Waals surface area contributed by atoms with Gasteiger partial charge in [0.05, 0.1) is 0 Å². The summed E-state index contributed by atoms with van der Waals surface area (Å²) >= 11 is 0. The van der Waals surface area contributed by atoms with Gasteiger partial charge in [0.15, 0.2) is 11.6 Å². The minimum Gasteiger partial charge on any atom is -0.290 e. The van der Waals surface area contributed by atoms with Crippen LogP contribution in [-0.2, 0) is 9.59 Å². The molecule has 0 aliphatic rings. The Hall–Kier alpha value is -1.44. The number of rotatable bonds is 4. The lowest BCUT2D eigenvalue weighted by molar-refractivity contribution is -0.113. The molecular formula is C9H10O2. The van der Waals surface area contributed by atoms with Gasteiger partial charge in [-0.3, -0.25) is 9.59 Å². The van der Waals surface area contributed by atoms with Crippen molar-refractivity contribution in [2.75, 3.05) is 0 Å². The highest BCUT2D eigenvalue weighted by molar-refractivity contribution is 6.08. The fourth-order valence-corrected chi connectivity index (χ4v) is 0.368. The second-order valence-electron chi connectivity index (χ2n) is 2.08. The molecule has 2 nitrogen and oxygen atoms in total. The third-order valence-corrected chi connectivity index (χ3v) is 1.02. The number of carbonyl (C=O) groups excluding carboxylic acids is 2. The molecule has 0 unspecified atom stereocenters. The van der Waals surface area contributed by atoms with Crippen molar-refractivity contribution in [1.29, 1.82) is 0 Å². The fourth-order valence-electron chi connectivity index (χ4n) is 0.368. The van der Waals surface area contributed by atoms with E-state index in [9.17, 15) is 9.59 Å². The first-order valence-corrected chi connectivity index (χ1v) is 3.12. The van der Waals surface area contributed by atoms with E-state index >= 15 is 0 Å². The van der Waals surface area contributed by atoms with Crippen molar-refractivity contribution < 1.29 is 9.59 Å². The molecule has 0 aromatic heterocycles. The first-order valence-electron chi connectivity index (χ1n) is 3.12. The van der Waals surface area contributed by atoms with Gasteiger partial charge in [0, 0.05) is 0 Å². The second-order valence-corrected chi connectivity index (χ2v) is 2.08. The summed E-state index contributed by atoms with van der Waals surface area (Å²) in [6, 6.07) is 0. The van der Waals surface area contributed by atoms with Crippen molar-refractivity contribution in [3.8, 4) is 0 Å². The minimum atomic E-state index is -0.278. The van der Waals surface area contributed by atoms with E-state index in [2.05, 4.69) is 13.2 Å².